The maximum absolute atomic E-state index is 13.6. The predicted octanol–water partition coefficient (Wildman–Crippen LogP) is 4.09. The fourth-order valence-corrected chi connectivity index (χ4v) is 2.71. The third kappa shape index (κ3) is 2.40. The molecule has 114 valence electrons. The zero-order chi connectivity index (χ0) is 15.8. The van der Waals surface area contributed by atoms with Crippen molar-refractivity contribution in [1.29, 1.82) is 0 Å². The number of halogens is 1. The molecule has 0 fully saturated rings. The van der Waals surface area contributed by atoms with Crippen LogP contribution >= 0.6 is 0 Å². The van der Waals surface area contributed by atoms with Crippen LogP contribution in [-0.4, -0.2) is 19.4 Å². The third-order valence-electron chi connectivity index (χ3n) is 3.86. The summed E-state index contributed by atoms with van der Waals surface area (Å²) in [5.41, 5.74) is 4.30. The van der Waals surface area contributed by atoms with E-state index in [1.54, 1.807) is 12.3 Å². The fourth-order valence-electron chi connectivity index (χ4n) is 2.71. The van der Waals surface area contributed by atoms with Gasteiger partial charge in [-0.25, -0.2) is 14.4 Å². The van der Waals surface area contributed by atoms with Crippen molar-refractivity contribution in [1.82, 2.24) is 19.4 Å². The summed E-state index contributed by atoms with van der Waals surface area (Å²) in [7, 11) is 0. The van der Waals surface area contributed by atoms with Gasteiger partial charge >= 0.3 is 0 Å². The molecule has 0 unspecified atom stereocenters. The van der Waals surface area contributed by atoms with Crippen LogP contribution in [0.4, 0.5) is 4.39 Å². The first kappa shape index (κ1) is 13.7. The number of aryl methyl sites for hydroxylation is 1. The number of imidazole rings is 2. The molecule has 0 saturated carbocycles. The number of aromatic nitrogens is 4. The Morgan fingerprint density at radius 2 is 2.09 bits per heavy atom. The van der Waals surface area contributed by atoms with Crippen molar-refractivity contribution in [3.8, 4) is 22.5 Å². The molecule has 0 amide bonds. The number of pyridine rings is 1. The van der Waals surface area contributed by atoms with E-state index in [1.807, 2.05) is 41.9 Å². The molecule has 4 nitrogen and oxygen atoms in total. The Morgan fingerprint density at radius 1 is 1.17 bits per heavy atom. The number of H-pyrrole nitrogens is 1. The quantitative estimate of drug-likeness (QED) is 0.619. The van der Waals surface area contributed by atoms with Crippen LogP contribution in [0.25, 0.3) is 28.2 Å². The SMILES string of the molecule is CCc1nc(-c2cccc(F)c2)c(-c2ccc3nccn3c2)[nH]1. The van der Waals surface area contributed by atoms with Crippen LogP contribution in [0.15, 0.2) is 55.0 Å². The van der Waals surface area contributed by atoms with Gasteiger partial charge in [0.1, 0.15) is 17.3 Å². The monoisotopic (exact) mass is 306 g/mol. The second kappa shape index (κ2) is 5.35. The summed E-state index contributed by atoms with van der Waals surface area (Å²) in [6, 6.07) is 10.5. The minimum absolute atomic E-state index is 0.264. The Bertz CT molecular complexity index is 984. The van der Waals surface area contributed by atoms with Gasteiger partial charge < -0.3 is 9.38 Å². The lowest BCUT2D eigenvalue weighted by Gasteiger charge is -2.04. The molecule has 4 aromatic rings. The molecule has 0 aliphatic rings. The van der Waals surface area contributed by atoms with Crippen molar-refractivity contribution in [2.45, 2.75) is 13.3 Å². The molecule has 0 radical (unpaired) electrons. The summed E-state index contributed by atoms with van der Waals surface area (Å²) in [6.45, 7) is 2.04. The molecule has 4 rings (SSSR count). The lowest BCUT2D eigenvalue weighted by molar-refractivity contribution is 0.628. The summed E-state index contributed by atoms with van der Waals surface area (Å²) < 4.78 is 15.5. The number of nitrogens with zero attached hydrogens (tertiary/aromatic N) is 3. The first-order valence-corrected chi connectivity index (χ1v) is 7.52. The Morgan fingerprint density at radius 3 is 2.91 bits per heavy atom. The van der Waals surface area contributed by atoms with E-state index in [-0.39, 0.29) is 5.82 Å². The first-order chi connectivity index (χ1) is 11.2. The Hall–Kier alpha value is -2.95. The number of rotatable bonds is 3. The van der Waals surface area contributed by atoms with Crippen molar-refractivity contribution in [3.05, 3.63) is 66.6 Å². The van der Waals surface area contributed by atoms with Gasteiger partial charge in [-0.1, -0.05) is 19.1 Å². The standard InChI is InChI=1S/C18H15FN4/c1-2-15-21-17(12-4-3-5-14(19)10-12)18(22-15)13-6-7-16-20-8-9-23(16)11-13/h3-11H,2H2,1H3,(H,21,22). The highest BCUT2D eigenvalue weighted by Gasteiger charge is 2.14. The number of fused-ring (bicyclic) bond motifs is 1. The third-order valence-corrected chi connectivity index (χ3v) is 3.86. The topological polar surface area (TPSA) is 46.0 Å². The predicted molar refractivity (Wildman–Crippen MR) is 87.5 cm³/mol. The molecule has 3 aromatic heterocycles. The zero-order valence-corrected chi connectivity index (χ0v) is 12.6. The molecule has 1 N–H and O–H groups in total. The van der Waals surface area contributed by atoms with Gasteiger partial charge in [0.15, 0.2) is 0 Å². The number of benzene rings is 1. The average Bonchev–Trinajstić information content (AvgIpc) is 3.20. The van der Waals surface area contributed by atoms with Gasteiger partial charge in [-0.15, -0.1) is 0 Å². The number of hydrogen-bond acceptors (Lipinski definition) is 2. The van der Waals surface area contributed by atoms with E-state index >= 15 is 0 Å². The van der Waals surface area contributed by atoms with Crippen molar-refractivity contribution in [2.24, 2.45) is 0 Å². The molecule has 23 heavy (non-hydrogen) atoms. The van der Waals surface area contributed by atoms with Crippen molar-refractivity contribution < 1.29 is 4.39 Å². The van der Waals surface area contributed by atoms with Gasteiger partial charge in [0, 0.05) is 36.1 Å². The van der Waals surface area contributed by atoms with Gasteiger partial charge in [0.25, 0.3) is 0 Å². The number of nitrogens with one attached hydrogen (secondary N) is 1. The minimum Gasteiger partial charge on any atom is -0.341 e. The first-order valence-electron chi connectivity index (χ1n) is 7.52. The van der Waals surface area contributed by atoms with Crippen LogP contribution in [0.5, 0.6) is 0 Å². The lowest BCUT2D eigenvalue weighted by Crippen LogP contribution is -1.89. The van der Waals surface area contributed by atoms with Gasteiger partial charge in [-0.2, -0.15) is 0 Å². The fraction of sp³-hybridized carbons (Fsp3) is 0.111. The van der Waals surface area contributed by atoms with Crippen molar-refractivity contribution in [3.63, 3.8) is 0 Å². The second-order valence-electron chi connectivity index (χ2n) is 5.38. The lowest BCUT2D eigenvalue weighted by atomic mass is 10.1. The molecule has 0 atom stereocenters. The largest absolute Gasteiger partial charge is 0.341 e. The smallest absolute Gasteiger partial charge is 0.136 e. The number of hydrogen-bond donors (Lipinski definition) is 1. The maximum Gasteiger partial charge on any atom is 0.136 e. The average molecular weight is 306 g/mol. The maximum atomic E-state index is 13.6. The molecule has 0 spiro atoms. The minimum atomic E-state index is -0.264. The highest BCUT2D eigenvalue weighted by Crippen LogP contribution is 2.30. The van der Waals surface area contributed by atoms with E-state index in [9.17, 15) is 4.39 Å². The molecule has 0 aliphatic heterocycles. The summed E-state index contributed by atoms with van der Waals surface area (Å²) >= 11 is 0. The molecular weight excluding hydrogens is 291 g/mol. The van der Waals surface area contributed by atoms with E-state index < -0.39 is 0 Å². The highest BCUT2D eigenvalue weighted by molar-refractivity contribution is 5.78. The van der Waals surface area contributed by atoms with Crippen molar-refractivity contribution in [2.75, 3.05) is 0 Å². The Labute approximate surface area is 132 Å². The van der Waals surface area contributed by atoms with Gasteiger partial charge in [-0.05, 0) is 24.3 Å². The normalized spacial score (nSPS) is 11.2. The molecular formula is C18H15FN4. The van der Waals surface area contributed by atoms with Gasteiger partial charge in [0.05, 0.1) is 11.4 Å². The van der Waals surface area contributed by atoms with Crippen LogP contribution in [0.2, 0.25) is 0 Å². The van der Waals surface area contributed by atoms with Crippen LogP contribution < -0.4 is 0 Å². The summed E-state index contributed by atoms with van der Waals surface area (Å²) in [5, 5.41) is 0. The van der Waals surface area contributed by atoms with Crippen LogP contribution in [0, 0.1) is 5.82 Å². The molecule has 5 heteroatoms. The van der Waals surface area contributed by atoms with E-state index in [2.05, 4.69) is 15.0 Å². The van der Waals surface area contributed by atoms with Gasteiger partial charge in [0.2, 0.25) is 0 Å². The second-order valence-corrected chi connectivity index (χ2v) is 5.38. The molecule has 0 aliphatic carbocycles. The number of aromatic amines is 1. The van der Waals surface area contributed by atoms with Crippen molar-refractivity contribution >= 4 is 5.65 Å². The van der Waals surface area contributed by atoms with Gasteiger partial charge in [-0.3, -0.25) is 0 Å². The van der Waals surface area contributed by atoms with E-state index in [4.69, 9.17) is 0 Å². The van der Waals surface area contributed by atoms with Crippen LogP contribution in [0.3, 0.4) is 0 Å². The Kier molecular flexibility index (Phi) is 3.19. The molecule has 0 bridgehead atoms. The van der Waals surface area contributed by atoms with Crippen LogP contribution in [-0.2, 0) is 6.42 Å². The zero-order valence-electron chi connectivity index (χ0n) is 12.6. The molecule has 0 saturated heterocycles. The summed E-state index contributed by atoms with van der Waals surface area (Å²) in [4.78, 5) is 12.2. The van der Waals surface area contributed by atoms with E-state index in [0.717, 1.165) is 40.4 Å². The highest BCUT2D eigenvalue weighted by atomic mass is 19.1. The summed E-state index contributed by atoms with van der Waals surface area (Å²) in [6.07, 6.45) is 6.45. The van der Waals surface area contributed by atoms with E-state index in [0.29, 0.717) is 0 Å². The summed E-state index contributed by atoms with van der Waals surface area (Å²) in [5.74, 6) is 0.615. The Balaban J connectivity index is 1.91. The van der Waals surface area contributed by atoms with E-state index in [1.165, 1.54) is 12.1 Å². The van der Waals surface area contributed by atoms with Crippen LogP contribution in [0.1, 0.15) is 12.7 Å². The molecule has 1 aromatic carbocycles. The molecule has 3 heterocycles.